The lowest BCUT2D eigenvalue weighted by atomic mass is 10.2. The minimum absolute atomic E-state index is 0.148. The van der Waals surface area contributed by atoms with Crippen LogP contribution >= 0.6 is 23.5 Å². The van der Waals surface area contributed by atoms with Crippen LogP contribution in [0.1, 0.15) is 5.56 Å². The predicted molar refractivity (Wildman–Crippen MR) is 78.1 cm³/mol. The summed E-state index contributed by atoms with van der Waals surface area (Å²) in [7, 11) is 0. The molecule has 4 heteroatoms. The van der Waals surface area contributed by atoms with Crippen molar-refractivity contribution in [2.24, 2.45) is 0 Å². The summed E-state index contributed by atoms with van der Waals surface area (Å²) >= 11 is 2.66. The van der Waals surface area contributed by atoms with Gasteiger partial charge in [0.2, 0.25) is 0 Å². The molecule has 0 aliphatic heterocycles. The number of aromatic nitrogens is 1. The van der Waals surface area contributed by atoms with Crippen LogP contribution in [0.3, 0.4) is 0 Å². The maximum Gasteiger partial charge on any atom is 0.250 e. The van der Waals surface area contributed by atoms with Crippen molar-refractivity contribution in [3.05, 3.63) is 60.4 Å². The molecule has 2 nitrogen and oxygen atoms in total. The van der Waals surface area contributed by atoms with Crippen LogP contribution in [0.25, 0.3) is 0 Å². The highest BCUT2D eigenvalue weighted by atomic mass is 32.2. The average molecular weight is 275 g/mol. The zero-order valence-electron chi connectivity index (χ0n) is 9.78. The summed E-state index contributed by atoms with van der Waals surface area (Å²) in [5.74, 6) is 0.808. The van der Waals surface area contributed by atoms with Gasteiger partial charge in [-0.2, -0.15) is 0 Å². The van der Waals surface area contributed by atoms with Crippen molar-refractivity contribution in [1.29, 1.82) is 0 Å². The maximum atomic E-state index is 11.7. The molecule has 0 aliphatic carbocycles. The summed E-state index contributed by atoms with van der Waals surface area (Å²) < 4.78 is 0.148. The van der Waals surface area contributed by atoms with Gasteiger partial charge >= 0.3 is 0 Å². The fraction of sp³-hybridized carbons (Fsp3) is 0.143. The van der Waals surface area contributed by atoms with Crippen LogP contribution < -0.4 is 0 Å². The SMILES string of the molecule is O=C(SCCc1ccncc1)Sc1ccccc1. The van der Waals surface area contributed by atoms with Crippen LogP contribution in [0.5, 0.6) is 0 Å². The van der Waals surface area contributed by atoms with E-state index in [-0.39, 0.29) is 4.45 Å². The van der Waals surface area contributed by atoms with Gasteiger partial charge in [-0.15, -0.1) is 0 Å². The largest absolute Gasteiger partial charge is 0.274 e. The predicted octanol–water partition coefficient (Wildman–Crippen LogP) is 4.27. The summed E-state index contributed by atoms with van der Waals surface area (Å²) in [5.41, 5.74) is 1.22. The Hall–Kier alpha value is -1.26. The molecule has 0 bridgehead atoms. The lowest BCUT2D eigenvalue weighted by Gasteiger charge is -2.01. The van der Waals surface area contributed by atoms with Gasteiger partial charge in [0.1, 0.15) is 0 Å². The summed E-state index contributed by atoms with van der Waals surface area (Å²) in [4.78, 5) is 16.7. The molecule has 0 spiro atoms. The van der Waals surface area contributed by atoms with E-state index in [2.05, 4.69) is 4.98 Å². The van der Waals surface area contributed by atoms with E-state index in [1.165, 1.54) is 29.1 Å². The fourth-order valence-corrected chi connectivity index (χ4v) is 3.18. The Morgan fingerprint density at radius 1 is 1.06 bits per heavy atom. The van der Waals surface area contributed by atoms with Gasteiger partial charge in [0.15, 0.2) is 0 Å². The Kier molecular flexibility index (Phi) is 5.30. The zero-order chi connectivity index (χ0) is 12.6. The van der Waals surface area contributed by atoms with E-state index in [0.29, 0.717) is 0 Å². The lowest BCUT2D eigenvalue weighted by Crippen LogP contribution is -1.91. The molecule has 0 aliphatic rings. The van der Waals surface area contributed by atoms with Crippen LogP contribution in [0, 0.1) is 0 Å². The molecule has 92 valence electrons. The smallest absolute Gasteiger partial charge is 0.250 e. The second-order valence-electron chi connectivity index (χ2n) is 3.62. The molecule has 0 radical (unpaired) electrons. The Morgan fingerprint density at radius 2 is 1.78 bits per heavy atom. The van der Waals surface area contributed by atoms with Gasteiger partial charge in [-0.25, -0.2) is 0 Å². The highest BCUT2D eigenvalue weighted by molar-refractivity contribution is 8.38. The second kappa shape index (κ2) is 7.24. The first kappa shape index (κ1) is 13.2. The van der Waals surface area contributed by atoms with Crippen LogP contribution in [0.15, 0.2) is 59.8 Å². The normalized spacial score (nSPS) is 10.2. The number of carbonyl (C=O) groups is 1. The molecule has 0 saturated heterocycles. The average Bonchev–Trinajstić information content (AvgIpc) is 2.41. The third-order valence-corrected chi connectivity index (χ3v) is 4.23. The molecule has 2 rings (SSSR count). The number of nitrogens with zero attached hydrogens (tertiary/aromatic N) is 1. The summed E-state index contributed by atoms with van der Waals surface area (Å²) in [6.07, 6.45) is 4.45. The van der Waals surface area contributed by atoms with E-state index >= 15 is 0 Å². The van der Waals surface area contributed by atoms with Crippen molar-refractivity contribution in [2.75, 3.05) is 5.75 Å². The van der Waals surface area contributed by atoms with Gasteiger partial charge in [-0.3, -0.25) is 9.78 Å². The van der Waals surface area contributed by atoms with Gasteiger partial charge in [0, 0.05) is 23.0 Å². The molecule has 1 heterocycles. The number of hydrogen-bond acceptors (Lipinski definition) is 4. The number of carbonyl (C=O) groups excluding carboxylic acids is 1. The number of thioether (sulfide) groups is 2. The molecule has 0 unspecified atom stereocenters. The van der Waals surface area contributed by atoms with Crippen molar-refractivity contribution in [2.45, 2.75) is 11.3 Å². The standard InChI is InChI=1S/C14H13NOS2/c16-14(18-13-4-2-1-3-5-13)17-11-8-12-6-9-15-10-7-12/h1-7,9-10H,8,11H2. The summed E-state index contributed by atoms with van der Waals surface area (Å²) in [5, 5.41) is 0. The first-order valence-corrected chi connectivity index (χ1v) is 7.43. The molecule has 0 N–H and O–H groups in total. The molecule has 1 aromatic carbocycles. The number of rotatable bonds is 4. The Labute approximate surface area is 115 Å². The lowest BCUT2D eigenvalue weighted by molar-refractivity contribution is 0.276. The topological polar surface area (TPSA) is 30.0 Å². The molecule has 18 heavy (non-hydrogen) atoms. The quantitative estimate of drug-likeness (QED) is 0.779. The van der Waals surface area contributed by atoms with Crippen molar-refractivity contribution in [3.63, 3.8) is 0 Å². The first-order chi connectivity index (χ1) is 8.84. The number of hydrogen-bond donors (Lipinski definition) is 0. The van der Waals surface area contributed by atoms with E-state index in [4.69, 9.17) is 0 Å². The van der Waals surface area contributed by atoms with Crippen LogP contribution in [-0.4, -0.2) is 15.2 Å². The summed E-state index contributed by atoms with van der Waals surface area (Å²) in [6, 6.07) is 13.7. The molecular formula is C14H13NOS2. The first-order valence-electron chi connectivity index (χ1n) is 5.63. The third kappa shape index (κ3) is 4.55. The molecule has 0 fully saturated rings. The summed E-state index contributed by atoms with van der Waals surface area (Å²) in [6.45, 7) is 0. The molecule has 0 amide bonds. The van der Waals surface area contributed by atoms with E-state index in [9.17, 15) is 4.79 Å². The minimum Gasteiger partial charge on any atom is -0.274 e. The maximum absolute atomic E-state index is 11.7. The van der Waals surface area contributed by atoms with Crippen LogP contribution in [-0.2, 0) is 6.42 Å². The van der Waals surface area contributed by atoms with Gasteiger partial charge < -0.3 is 0 Å². The number of pyridine rings is 1. The van der Waals surface area contributed by atoms with E-state index in [1.54, 1.807) is 12.4 Å². The van der Waals surface area contributed by atoms with Gasteiger partial charge in [0.25, 0.3) is 4.45 Å². The second-order valence-corrected chi connectivity index (χ2v) is 5.99. The number of benzene rings is 1. The van der Waals surface area contributed by atoms with Crippen molar-refractivity contribution in [3.8, 4) is 0 Å². The molecular weight excluding hydrogens is 262 g/mol. The van der Waals surface area contributed by atoms with E-state index in [1.807, 2.05) is 42.5 Å². The van der Waals surface area contributed by atoms with E-state index in [0.717, 1.165) is 17.1 Å². The third-order valence-electron chi connectivity index (χ3n) is 2.30. The molecule has 0 atom stereocenters. The molecule has 1 aromatic heterocycles. The van der Waals surface area contributed by atoms with Crippen LogP contribution in [0.4, 0.5) is 4.79 Å². The number of aryl methyl sites for hydroxylation is 1. The zero-order valence-corrected chi connectivity index (χ0v) is 11.4. The molecule has 2 aromatic rings. The minimum atomic E-state index is 0.148. The van der Waals surface area contributed by atoms with Crippen molar-refractivity contribution >= 4 is 28.0 Å². The Balaban J connectivity index is 1.73. The monoisotopic (exact) mass is 275 g/mol. The highest BCUT2D eigenvalue weighted by Gasteiger charge is 2.05. The van der Waals surface area contributed by atoms with Gasteiger partial charge in [-0.1, -0.05) is 30.0 Å². The molecule has 0 saturated carbocycles. The Bertz CT molecular complexity index is 488. The van der Waals surface area contributed by atoms with Gasteiger partial charge in [-0.05, 0) is 48.0 Å². The van der Waals surface area contributed by atoms with Crippen molar-refractivity contribution in [1.82, 2.24) is 4.98 Å². The fourth-order valence-electron chi connectivity index (χ4n) is 1.42. The highest BCUT2D eigenvalue weighted by Crippen LogP contribution is 2.25. The Morgan fingerprint density at radius 3 is 2.50 bits per heavy atom. The van der Waals surface area contributed by atoms with Crippen LogP contribution in [0.2, 0.25) is 0 Å². The van der Waals surface area contributed by atoms with Gasteiger partial charge in [0.05, 0.1) is 0 Å². The van der Waals surface area contributed by atoms with E-state index < -0.39 is 0 Å². The van der Waals surface area contributed by atoms with Crippen molar-refractivity contribution < 1.29 is 4.79 Å².